The molecule has 5 N–H and O–H groups in total. The van der Waals surface area contributed by atoms with Gasteiger partial charge in [0.15, 0.2) is 6.04 Å². The van der Waals surface area contributed by atoms with Crippen LogP contribution in [0.2, 0.25) is 0 Å². The van der Waals surface area contributed by atoms with Crippen molar-refractivity contribution in [2.75, 3.05) is 18.5 Å². The number of benzene rings is 2. The van der Waals surface area contributed by atoms with Gasteiger partial charge in [0.25, 0.3) is 0 Å². The highest BCUT2D eigenvalue weighted by Crippen LogP contribution is 2.34. The number of nitrogen functional groups attached to an aromatic ring is 1. The number of hydrogen-bond acceptors (Lipinski definition) is 5. The second-order valence-electron chi connectivity index (χ2n) is 7.95. The van der Waals surface area contributed by atoms with Gasteiger partial charge in [0.2, 0.25) is 0 Å². The highest BCUT2D eigenvalue weighted by Gasteiger charge is 2.26. The van der Waals surface area contributed by atoms with Gasteiger partial charge in [0.05, 0.1) is 12.7 Å². The molecule has 0 aliphatic carbocycles. The van der Waals surface area contributed by atoms with E-state index in [1.165, 1.54) is 0 Å². The number of anilines is 1. The fraction of sp³-hybridized carbons (Fsp3) is 0.440. The van der Waals surface area contributed by atoms with Gasteiger partial charge in [-0.1, -0.05) is 26.3 Å². The Morgan fingerprint density at radius 1 is 1.16 bits per heavy atom. The lowest BCUT2D eigenvalue weighted by atomic mass is 9.95. The molecule has 2 aromatic carbocycles. The van der Waals surface area contributed by atoms with Crippen molar-refractivity contribution in [1.29, 1.82) is 5.41 Å². The summed E-state index contributed by atoms with van der Waals surface area (Å²) in [6.07, 6.45) is 2.60. The van der Waals surface area contributed by atoms with Crippen LogP contribution >= 0.6 is 0 Å². The Kier molecular flexibility index (Phi) is 9.53. The smallest absolute Gasteiger partial charge is 0.330 e. The first-order valence-electron chi connectivity index (χ1n) is 11.1. The molecule has 7 heteroatoms. The first-order chi connectivity index (χ1) is 15.3. The molecule has 0 bridgehead atoms. The molecule has 0 amide bonds. The van der Waals surface area contributed by atoms with E-state index in [1.807, 2.05) is 19.9 Å². The van der Waals surface area contributed by atoms with E-state index in [0.29, 0.717) is 35.8 Å². The highest BCUT2D eigenvalue weighted by atomic mass is 16.5. The summed E-state index contributed by atoms with van der Waals surface area (Å²) in [6, 6.07) is 9.84. The Morgan fingerprint density at radius 2 is 1.84 bits per heavy atom. The van der Waals surface area contributed by atoms with Gasteiger partial charge in [-0.2, -0.15) is 0 Å². The van der Waals surface area contributed by atoms with E-state index in [2.05, 4.69) is 25.2 Å². The quantitative estimate of drug-likeness (QED) is 0.206. The summed E-state index contributed by atoms with van der Waals surface area (Å²) < 4.78 is 11.7. The summed E-state index contributed by atoms with van der Waals surface area (Å²) in [7, 11) is 0. The lowest BCUT2D eigenvalue weighted by Crippen LogP contribution is -2.23. The van der Waals surface area contributed by atoms with Gasteiger partial charge in [-0.3, -0.25) is 5.41 Å². The maximum atomic E-state index is 12.3. The summed E-state index contributed by atoms with van der Waals surface area (Å²) in [4.78, 5) is 12.3. The van der Waals surface area contributed by atoms with Gasteiger partial charge in [0, 0.05) is 16.8 Å². The van der Waals surface area contributed by atoms with E-state index in [9.17, 15) is 9.90 Å². The number of aryl methyl sites for hydroxylation is 2. The van der Waals surface area contributed by atoms with Crippen LogP contribution in [0, 0.1) is 5.41 Å². The first kappa shape index (κ1) is 25.2. The number of hydrogen-bond donors (Lipinski definition) is 4. The molecule has 0 saturated heterocycles. The molecular weight excluding hydrogens is 406 g/mol. The van der Waals surface area contributed by atoms with Crippen LogP contribution in [0.25, 0.3) is 0 Å². The lowest BCUT2D eigenvalue weighted by Gasteiger charge is -2.23. The topological polar surface area (TPSA) is 118 Å². The van der Waals surface area contributed by atoms with Crippen LogP contribution < -0.4 is 15.8 Å². The third-order valence-electron chi connectivity index (χ3n) is 5.03. The molecule has 0 spiro atoms. The van der Waals surface area contributed by atoms with Gasteiger partial charge >= 0.3 is 5.97 Å². The molecule has 174 valence electrons. The second kappa shape index (κ2) is 12.1. The zero-order valence-electron chi connectivity index (χ0n) is 19.4. The van der Waals surface area contributed by atoms with E-state index in [0.717, 1.165) is 30.4 Å². The van der Waals surface area contributed by atoms with Gasteiger partial charge in [-0.15, -0.1) is 0 Å². The molecule has 1 atom stereocenters. The Morgan fingerprint density at radius 3 is 2.38 bits per heavy atom. The van der Waals surface area contributed by atoms with Gasteiger partial charge in [-0.25, -0.2) is 4.79 Å². The van der Waals surface area contributed by atoms with Crippen LogP contribution in [-0.4, -0.2) is 36.2 Å². The largest absolute Gasteiger partial charge is 0.491 e. The van der Waals surface area contributed by atoms with Crippen LogP contribution in [0.5, 0.6) is 5.75 Å². The predicted octanol–water partition coefficient (Wildman–Crippen LogP) is 4.53. The Balaban J connectivity index is 2.44. The minimum absolute atomic E-state index is 0.0366. The number of rotatable bonds is 13. The van der Waals surface area contributed by atoms with E-state index in [-0.39, 0.29) is 11.9 Å². The molecule has 0 aliphatic heterocycles. The molecule has 2 aromatic rings. The summed E-state index contributed by atoms with van der Waals surface area (Å²) in [5.74, 6) is -0.429. The van der Waals surface area contributed by atoms with E-state index >= 15 is 0 Å². The lowest BCUT2D eigenvalue weighted by molar-refractivity contribution is -0.138. The standard InChI is InChI=1S/C25H35N3O4/c1-5-7-19-14-17(6-2)15-21(23(19)32-13-12-31-16(3)4)22(25(29)30)28-20-10-8-18(9-11-20)24(26)27/h8-11,14-16,22,28H,5-7,12-13H2,1-4H3,(H3,26,27)(H,29,30). The van der Waals surface area contributed by atoms with Crippen molar-refractivity contribution in [2.45, 2.75) is 59.1 Å². The molecule has 0 heterocycles. The Hall–Kier alpha value is -3.06. The van der Waals surface area contributed by atoms with Crippen molar-refractivity contribution in [3.05, 3.63) is 58.7 Å². The summed E-state index contributed by atoms with van der Waals surface area (Å²) in [5.41, 5.74) is 9.39. The monoisotopic (exact) mass is 441 g/mol. The molecule has 2 rings (SSSR count). The summed E-state index contributed by atoms with van der Waals surface area (Å²) in [6.45, 7) is 8.84. The number of carboxylic acid groups (broad SMARTS) is 1. The average molecular weight is 442 g/mol. The van der Waals surface area contributed by atoms with Crippen molar-refractivity contribution < 1.29 is 19.4 Å². The molecule has 1 unspecified atom stereocenters. The summed E-state index contributed by atoms with van der Waals surface area (Å²) >= 11 is 0. The number of ether oxygens (including phenoxy) is 2. The van der Waals surface area contributed by atoms with Crippen molar-refractivity contribution in [3.63, 3.8) is 0 Å². The molecule has 0 saturated carbocycles. The fourth-order valence-corrected chi connectivity index (χ4v) is 3.44. The van der Waals surface area contributed by atoms with Crippen molar-refractivity contribution in [2.24, 2.45) is 5.73 Å². The maximum Gasteiger partial charge on any atom is 0.330 e. The highest BCUT2D eigenvalue weighted by molar-refractivity contribution is 5.95. The van der Waals surface area contributed by atoms with Gasteiger partial charge in [0.1, 0.15) is 18.2 Å². The average Bonchev–Trinajstić information content (AvgIpc) is 2.75. The minimum Gasteiger partial charge on any atom is -0.491 e. The zero-order chi connectivity index (χ0) is 23.7. The van der Waals surface area contributed by atoms with Crippen LogP contribution in [0.1, 0.15) is 62.4 Å². The van der Waals surface area contributed by atoms with Gasteiger partial charge in [-0.05, 0) is 68.1 Å². The number of aliphatic carboxylic acids is 1. The SMILES string of the molecule is CCCc1cc(CC)cc(C(Nc2ccc(C(=N)N)cc2)C(=O)O)c1OCCOC(C)C. The minimum atomic E-state index is -1.00. The predicted molar refractivity (Wildman–Crippen MR) is 128 cm³/mol. The van der Waals surface area contributed by atoms with Gasteiger partial charge < -0.3 is 25.6 Å². The third-order valence-corrected chi connectivity index (χ3v) is 5.03. The van der Waals surface area contributed by atoms with Crippen molar-refractivity contribution in [3.8, 4) is 5.75 Å². The first-order valence-corrected chi connectivity index (χ1v) is 11.1. The third kappa shape index (κ3) is 6.99. The number of nitrogens with one attached hydrogen (secondary N) is 2. The van der Waals surface area contributed by atoms with Crippen LogP contribution in [-0.2, 0) is 22.4 Å². The molecule has 32 heavy (non-hydrogen) atoms. The molecular formula is C25H35N3O4. The molecule has 7 nitrogen and oxygen atoms in total. The summed E-state index contributed by atoms with van der Waals surface area (Å²) in [5, 5.41) is 20.7. The Bertz CT molecular complexity index is 910. The molecule has 0 radical (unpaired) electrons. The number of amidine groups is 1. The van der Waals surface area contributed by atoms with Crippen molar-refractivity contribution >= 4 is 17.5 Å². The number of carboxylic acids is 1. The molecule has 0 aliphatic rings. The van der Waals surface area contributed by atoms with Crippen LogP contribution in [0.3, 0.4) is 0 Å². The van der Waals surface area contributed by atoms with Crippen LogP contribution in [0.4, 0.5) is 5.69 Å². The fourth-order valence-electron chi connectivity index (χ4n) is 3.44. The Labute approximate surface area is 190 Å². The second-order valence-corrected chi connectivity index (χ2v) is 7.95. The number of nitrogens with two attached hydrogens (primary N) is 1. The molecule has 0 fully saturated rings. The van der Waals surface area contributed by atoms with E-state index < -0.39 is 12.0 Å². The van der Waals surface area contributed by atoms with E-state index in [4.69, 9.17) is 20.6 Å². The van der Waals surface area contributed by atoms with Crippen LogP contribution in [0.15, 0.2) is 36.4 Å². The molecule has 0 aromatic heterocycles. The normalized spacial score (nSPS) is 11.9. The van der Waals surface area contributed by atoms with E-state index in [1.54, 1.807) is 24.3 Å². The number of carbonyl (C=O) groups is 1. The maximum absolute atomic E-state index is 12.3. The van der Waals surface area contributed by atoms with Crippen molar-refractivity contribution in [1.82, 2.24) is 0 Å². The zero-order valence-corrected chi connectivity index (χ0v) is 19.4.